The highest BCUT2D eigenvalue weighted by Gasteiger charge is 2.34. The average molecular weight is 291 g/mol. The second kappa shape index (κ2) is 9.18. The smallest absolute Gasteiger partial charge is 0.456 e. The zero-order valence-electron chi connectivity index (χ0n) is 12.0. The minimum absolute atomic E-state index is 0.0924. The molecule has 0 heterocycles. The maximum absolute atomic E-state index is 11.7. The molecule has 1 N–H and O–H groups in total. The summed E-state index contributed by atoms with van der Waals surface area (Å²) in [4.78, 5) is 20.4. The molecule has 19 heavy (non-hydrogen) atoms. The van der Waals surface area contributed by atoms with Crippen LogP contribution in [0.3, 0.4) is 0 Å². The minimum atomic E-state index is -2.61. The number of esters is 1. The van der Waals surface area contributed by atoms with Crippen LogP contribution in [0.1, 0.15) is 52.9 Å². The van der Waals surface area contributed by atoms with Gasteiger partial charge < -0.3 is 4.74 Å². The quantitative estimate of drug-likeness (QED) is 0.379. The second-order valence-electron chi connectivity index (χ2n) is 4.67. The molecule has 0 rings (SSSR count). The van der Waals surface area contributed by atoms with E-state index >= 15 is 0 Å². The standard InChI is InChI=1S/C13H23O5P/c1-5-7-13(8-6-2,9-10-17-19(15)16)18-12(14)11(3)4/h3,5-10H2,1-2,4H3/p+1. The summed E-state index contributed by atoms with van der Waals surface area (Å²) >= 11 is 0. The van der Waals surface area contributed by atoms with Gasteiger partial charge in [0.2, 0.25) is 0 Å². The van der Waals surface area contributed by atoms with Crippen molar-refractivity contribution in [2.24, 2.45) is 0 Å². The van der Waals surface area contributed by atoms with Crippen LogP contribution in [-0.4, -0.2) is 23.1 Å². The van der Waals surface area contributed by atoms with Crippen molar-refractivity contribution in [3.05, 3.63) is 12.2 Å². The molecule has 0 fully saturated rings. The molecule has 1 atom stereocenters. The topological polar surface area (TPSA) is 72.8 Å². The van der Waals surface area contributed by atoms with E-state index in [1.807, 2.05) is 13.8 Å². The van der Waals surface area contributed by atoms with Crippen LogP contribution in [0.25, 0.3) is 0 Å². The number of hydrogen-bond acceptors (Lipinski definition) is 4. The van der Waals surface area contributed by atoms with E-state index in [-0.39, 0.29) is 6.61 Å². The van der Waals surface area contributed by atoms with Crippen molar-refractivity contribution in [2.75, 3.05) is 6.61 Å². The molecule has 0 aliphatic carbocycles. The Morgan fingerprint density at radius 3 is 2.16 bits per heavy atom. The Bertz CT molecular complexity index is 321. The van der Waals surface area contributed by atoms with Crippen molar-refractivity contribution >= 4 is 14.2 Å². The molecular formula is C13H24O5P+. The number of ether oxygens (including phenoxy) is 1. The molecule has 0 amide bonds. The fraction of sp³-hybridized carbons (Fsp3) is 0.769. The first-order valence-corrected chi connectivity index (χ1v) is 7.67. The van der Waals surface area contributed by atoms with Crippen molar-refractivity contribution in [1.29, 1.82) is 0 Å². The molecule has 0 saturated carbocycles. The molecule has 1 unspecified atom stereocenters. The SMILES string of the molecule is C=C(C)C(=O)OC(CCC)(CCC)CCO[P+](=O)O. The number of rotatable bonds is 10. The molecule has 0 aliphatic rings. The first-order valence-electron chi connectivity index (χ1n) is 6.54. The van der Waals surface area contributed by atoms with Gasteiger partial charge in [-0.05, 0) is 19.8 Å². The lowest BCUT2D eigenvalue weighted by atomic mass is 9.89. The van der Waals surface area contributed by atoms with Crippen LogP contribution < -0.4 is 0 Å². The van der Waals surface area contributed by atoms with Crippen molar-refractivity contribution < 1.29 is 23.5 Å². The second-order valence-corrected chi connectivity index (χ2v) is 5.41. The summed E-state index contributed by atoms with van der Waals surface area (Å²) in [6, 6.07) is 0. The number of hydrogen-bond donors (Lipinski definition) is 1. The van der Waals surface area contributed by atoms with Crippen LogP contribution >= 0.6 is 8.25 Å². The fourth-order valence-corrected chi connectivity index (χ4v) is 2.28. The van der Waals surface area contributed by atoms with E-state index in [9.17, 15) is 9.36 Å². The van der Waals surface area contributed by atoms with Gasteiger partial charge in [0.05, 0.1) is 0 Å². The number of carbonyl (C=O) groups is 1. The first kappa shape index (κ1) is 18.2. The summed E-state index contributed by atoms with van der Waals surface area (Å²) in [5.41, 5.74) is -0.282. The Morgan fingerprint density at radius 1 is 1.26 bits per heavy atom. The first-order chi connectivity index (χ1) is 8.87. The summed E-state index contributed by atoms with van der Waals surface area (Å²) < 4.78 is 20.8. The van der Waals surface area contributed by atoms with Gasteiger partial charge in [0.1, 0.15) is 12.2 Å². The van der Waals surface area contributed by atoms with Crippen LogP contribution in [0, 0.1) is 0 Å². The molecule has 0 aliphatic heterocycles. The Morgan fingerprint density at radius 2 is 1.79 bits per heavy atom. The third kappa shape index (κ3) is 7.41. The molecule has 0 aromatic carbocycles. The Hall–Kier alpha value is -0.770. The van der Waals surface area contributed by atoms with Gasteiger partial charge in [-0.15, -0.1) is 9.42 Å². The summed E-state index contributed by atoms with van der Waals surface area (Å²) in [6.45, 7) is 9.28. The highest BCUT2D eigenvalue weighted by atomic mass is 31.1. The van der Waals surface area contributed by atoms with E-state index in [1.54, 1.807) is 6.92 Å². The summed E-state index contributed by atoms with van der Waals surface area (Å²) in [5.74, 6) is -0.421. The molecule has 0 spiro atoms. The van der Waals surface area contributed by atoms with Crippen LogP contribution in [-0.2, 0) is 18.6 Å². The largest absolute Gasteiger partial charge is 0.694 e. The predicted molar refractivity (Wildman–Crippen MR) is 73.8 cm³/mol. The highest BCUT2D eigenvalue weighted by Crippen LogP contribution is 2.30. The predicted octanol–water partition coefficient (Wildman–Crippen LogP) is 3.50. The van der Waals surface area contributed by atoms with Crippen molar-refractivity contribution in [2.45, 2.75) is 58.5 Å². The van der Waals surface area contributed by atoms with Gasteiger partial charge in [0, 0.05) is 16.6 Å². The summed E-state index contributed by atoms with van der Waals surface area (Å²) in [6.07, 6.45) is 3.52. The Kier molecular flexibility index (Phi) is 8.81. The van der Waals surface area contributed by atoms with E-state index in [0.717, 1.165) is 12.8 Å². The maximum atomic E-state index is 11.7. The Labute approximate surface area is 115 Å². The van der Waals surface area contributed by atoms with Crippen LogP contribution in [0.15, 0.2) is 12.2 Å². The average Bonchev–Trinajstić information content (AvgIpc) is 2.28. The van der Waals surface area contributed by atoms with E-state index in [2.05, 4.69) is 11.1 Å². The van der Waals surface area contributed by atoms with Crippen LogP contribution in [0.5, 0.6) is 0 Å². The zero-order valence-corrected chi connectivity index (χ0v) is 12.9. The van der Waals surface area contributed by atoms with E-state index < -0.39 is 19.8 Å². The van der Waals surface area contributed by atoms with Gasteiger partial charge in [0.25, 0.3) is 0 Å². The third-order valence-electron chi connectivity index (χ3n) is 2.83. The summed E-state index contributed by atoms with van der Waals surface area (Å²) in [5, 5.41) is 0. The molecular weight excluding hydrogens is 267 g/mol. The van der Waals surface area contributed by atoms with Gasteiger partial charge in [-0.3, -0.25) is 0 Å². The molecule has 0 radical (unpaired) electrons. The molecule has 0 aromatic heterocycles. The fourth-order valence-electron chi connectivity index (χ4n) is 2.03. The van der Waals surface area contributed by atoms with Crippen molar-refractivity contribution in [3.8, 4) is 0 Å². The normalized spacial score (nSPS) is 12.1. The van der Waals surface area contributed by atoms with Gasteiger partial charge in [-0.25, -0.2) is 4.79 Å². The van der Waals surface area contributed by atoms with Gasteiger partial charge in [0.15, 0.2) is 0 Å². The van der Waals surface area contributed by atoms with Crippen LogP contribution in [0.2, 0.25) is 0 Å². The minimum Gasteiger partial charge on any atom is -0.456 e. The summed E-state index contributed by atoms with van der Waals surface area (Å²) in [7, 11) is -2.61. The van der Waals surface area contributed by atoms with E-state index in [0.29, 0.717) is 24.8 Å². The lowest BCUT2D eigenvalue weighted by Crippen LogP contribution is -2.36. The highest BCUT2D eigenvalue weighted by molar-refractivity contribution is 7.32. The molecule has 0 saturated heterocycles. The zero-order chi connectivity index (χ0) is 14.9. The molecule has 110 valence electrons. The lowest BCUT2D eigenvalue weighted by Gasteiger charge is -2.32. The molecule has 5 nitrogen and oxygen atoms in total. The van der Waals surface area contributed by atoms with Crippen LogP contribution in [0.4, 0.5) is 0 Å². The molecule has 6 heteroatoms. The Balaban J connectivity index is 4.78. The van der Waals surface area contributed by atoms with Crippen molar-refractivity contribution in [1.82, 2.24) is 0 Å². The number of carbonyl (C=O) groups excluding carboxylic acids is 1. The molecule has 0 bridgehead atoms. The lowest BCUT2D eigenvalue weighted by molar-refractivity contribution is -0.158. The van der Waals surface area contributed by atoms with Gasteiger partial charge in [-0.2, -0.15) is 0 Å². The third-order valence-corrected chi connectivity index (χ3v) is 3.23. The van der Waals surface area contributed by atoms with Gasteiger partial charge >= 0.3 is 14.2 Å². The van der Waals surface area contributed by atoms with Gasteiger partial charge in [-0.1, -0.05) is 33.3 Å². The molecule has 0 aromatic rings. The monoisotopic (exact) mass is 291 g/mol. The van der Waals surface area contributed by atoms with E-state index in [1.165, 1.54) is 0 Å². The van der Waals surface area contributed by atoms with Crippen molar-refractivity contribution in [3.63, 3.8) is 0 Å². The maximum Gasteiger partial charge on any atom is 0.694 e. The van der Waals surface area contributed by atoms with E-state index in [4.69, 9.17) is 9.63 Å².